The molecule has 5 heteroatoms. The number of hydrogen-bond donors (Lipinski definition) is 0. The van der Waals surface area contributed by atoms with Gasteiger partial charge >= 0.3 is 0 Å². The lowest BCUT2D eigenvalue weighted by Crippen LogP contribution is -2.10. The van der Waals surface area contributed by atoms with Crippen LogP contribution in [-0.2, 0) is 13.0 Å². The van der Waals surface area contributed by atoms with E-state index in [9.17, 15) is 0 Å². The van der Waals surface area contributed by atoms with Crippen LogP contribution >= 0.6 is 0 Å². The number of pyridine rings is 1. The summed E-state index contributed by atoms with van der Waals surface area (Å²) in [4.78, 5) is 16.3. The van der Waals surface area contributed by atoms with Crippen molar-refractivity contribution in [3.8, 4) is 22.6 Å². The summed E-state index contributed by atoms with van der Waals surface area (Å²) >= 11 is 0. The van der Waals surface area contributed by atoms with Gasteiger partial charge in [-0.25, -0.2) is 15.0 Å². The average Bonchev–Trinajstić information content (AvgIpc) is 3.14. The Kier molecular flexibility index (Phi) is 6.95. The van der Waals surface area contributed by atoms with Crippen molar-refractivity contribution in [3.05, 3.63) is 71.8 Å². The molecule has 1 aromatic carbocycles. The van der Waals surface area contributed by atoms with Crippen LogP contribution < -0.4 is 0 Å². The van der Waals surface area contributed by atoms with Crippen molar-refractivity contribution in [2.45, 2.75) is 40.7 Å². The van der Waals surface area contributed by atoms with Crippen molar-refractivity contribution < 1.29 is 0 Å². The lowest BCUT2D eigenvalue weighted by molar-refractivity contribution is 0.402. The van der Waals surface area contributed by atoms with Gasteiger partial charge < -0.3 is 4.90 Å². The van der Waals surface area contributed by atoms with Crippen LogP contribution in [0.15, 0.2) is 54.9 Å². The average molecular weight is 402 g/mol. The lowest BCUT2D eigenvalue weighted by atomic mass is 10.1. The SMILES string of the molecule is CC.CCc1nccc(-c2c(-c3ccc(C)cc3)nc3cc(CN(C)C)ccn23)n1. The summed E-state index contributed by atoms with van der Waals surface area (Å²) in [6.45, 7) is 9.05. The molecular formula is C25H31N5. The number of nitrogens with zero attached hydrogens (tertiary/aromatic N) is 5. The smallest absolute Gasteiger partial charge is 0.138 e. The van der Waals surface area contributed by atoms with Gasteiger partial charge in [0.2, 0.25) is 0 Å². The summed E-state index contributed by atoms with van der Waals surface area (Å²) in [5, 5.41) is 0. The van der Waals surface area contributed by atoms with E-state index < -0.39 is 0 Å². The Morgan fingerprint density at radius 2 is 1.70 bits per heavy atom. The van der Waals surface area contributed by atoms with Gasteiger partial charge in [-0.1, -0.05) is 50.6 Å². The summed E-state index contributed by atoms with van der Waals surface area (Å²) < 4.78 is 2.14. The maximum absolute atomic E-state index is 5.00. The Hall–Kier alpha value is -3.05. The fourth-order valence-electron chi connectivity index (χ4n) is 3.41. The molecule has 0 aliphatic heterocycles. The molecule has 0 atom stereocenters. The van der Waals surface area contributed by atoms with Gasteiger partial charge in [0.25, 0.3) is 0 Å². The third-order valence-electron chi connectivity index (χ3n) is 4.78. The number of imidazole rings is 1. The van der Waals surface area contributed by atoms with Crippen molar-refractivity contribution in [2.24, 2.45) is 0 Å². The Morgan fingerprint density at radius 3 is 2.37 bits per heavy atom. The molecule has 3 aromatic heterocycles. The van der Waals surface area contributed by atoms with E-state index in [-0.39, 0.29) is 0 Å². The Balaban J connectivity index is 0.00000124. The first-order valence-corrected chi connectivity index (χ1v) is 10.6. The molecule has 30 heavy (non-hydrogen) atoms. The molecule has 0 amide bonds. The molecule has 0 aliphatic carbocycles. The van der Waals surface area contributed by atoms with Gasteiger partial charge in [0, 0.05) is 30.9 Å². The molecule has 4 aromatic rings. The highest BCUT2D eigenvalue weighted by Gasteiger charge is 2.18. The Morgan fingerprint density at radius 1 is 0.967 bits per heavy atom. The van der Waals surface area contributed by atoms with E-state index >= 15 is 0 Å². The minimum absolute atomic E-state index is 0.803. The van der Waals surface area contributed by atoms with Gasteiger partial charge in [-0.2, -0.15) is 0 Å². The molecule has 0 radical (unpaired) electrons. The van der Waals surface area contributed by atoms with Gasteiger partial charge in [0.05, 0.1) is 17.1 Å². The molecule has 0 saturated carbocycles. The van der Waals surface area contributed by atoms with Crippen LogP contribution in [0.2, 0.25) is 0 Å². The van der Waals surface area contributed by atoms with Crippen molar-refractivity contribution in [2.75, 3.05) is 14.1 Å². The summed E-state index contributed by atoms with van der Waals surface area (Å²) in [5.74, 6) is 0.839. The lowest BCUT2D eigenvalue weighted by Gasteiger charge is -2.10. The normalized spacial score (nSPS) is 10.9. The minimum Gasteiger partial charge on any atom is -0.305 e. The van der Waals surface area contributed by atoms with Gasteiger partial charge in [-0.05, 0) is 44.8 Å². The second-order valence-corrected chi connectivity index (χ2v) is 7.39. The van der Waals surface area contributed by atoms with Crippen LogP contribution in [0.3, 0.4) is 0 Å². The zero-order valence-corrected chi connectivity index (χ0v) is 18.8. The first-order valence-electron chi connectivity index (χ1n) is 10.6. The maximum Gasteiger partial charge on any atom is 0.138 e. The Bertz CT molecular complexity index is 1110. The van der Waals surface area contributed by atoms with E-state index in [4.69, 9.17) is 9.97 Å². The molecule has 0 aliphatic rings. The van der Waals surface area contributed by atoms with Crippen LogP contribution in [0.25, 0.3) is 28.3 Å². The number of fused-ring (bicyclic) bond motifs is 1. The second kappa shape index (κ2) is 9.63. The maximum atomic E-state index is 5.00. The molecule has 5 nitrogen and oxygen atoms in total. The topological polar surface area (TPSA) is 46.3 Å². The zero-order valence-electron chi connectivity index (χ0n) is 18.8. The molecule has 0 unspecified atom stereocenters. The molecule has 3 heterocycles. The predicted molar refractivity (Wildman–Crippen MR) is 125 cm³/mol. The highest BCUT2D eigenvalue weighted by atomic mass is 15.1. The third-order valence-corrected chi connectivity index (χ3v) is 4.78. The van der Waals surface area contributed by atoms with E-state index in [0.717, 1.165) is 47.1 Å². The van der Waals surface area contributed by atoms with Gasteiger partial charge in [0.1, 0.15) is 11.5 Å². The second-order valence-electron chi connectivity index (χ2n) is 7.39. The van der Waals surface area contributed by atoms with Crippen LogP contribution in [-0.4, -0.2) is 38.3 Å². The summed E-state index contributed by atoms with van der Waals surface area (Å²) in [5.41, 5.74) is 7.35. The number of aromatic nitrogens is 4. The van der Waals surface area contributed by atoms with E-state index in [2.05, 4.69) is 84.8 Å². The molecule has 0 N–H and O–H groups in total. The van der Waals surface area contributed by atoms with Gasteiger partial charge in [0.15, 0.2) is 0 Å². The highest BCUT2D eigenvalue weighted by Crippen LogP contribution is 2.32. The van der Waals surface area contributed by atoms with Crippen LogP contribution in [0.4, 0.5) is 0 Å². The predicted octanol–water partition coefficient (Wildman–Crippen LogP) is 5.42. The Labute approximate surface area is 179 Å². The van der Waals surface area contributed by atoms with E-state index in [1.54, 1.807) is 0 Å². The van der Waals surface area contributed by atoms with Crippen LogP contribution in [0, 0.1) is 6.92 Å². The van der Waals surface area contributed by atoms with Gasteiger partial charge in [-0.3, -0.25) is 4.40 Å². The molecular weight excluding hydrogens is 370 g/mol. The fourth-order valence-corrected chi connectivity index (χ4v) is 3.41. The van der Waals surface area contributed by atoms with E-state index in [1.807, 2.05) is 26.1 Å². The van der Waals surface area contributed by atoms with Crippen molar-refractivity contribution in [3.63, 3.8) is 0 Å². The molecule has 0 spiro atoms. The zero-order chi connectivity index (χ0) is 21.7. The number of benzene rings is 1. The molecule has 0 fully saturated rings. The summed E-state index contributed by atoms with van der Waals surface area (Å²) in [6.07, 6.45) is 4.74. The first-order chi connectivity index (χ1) is 14.5. The van der Waals surface area contributed by atoms with Crippen molar-refractivity contribution in [1.82, 2.24) is 24.3 Å². The molecule has 156 valence electrons. The van der Waals surface area contributed by atoms with Crippen molar-refractivity contribution >= 4 is 5.65 Å². The monoisotopic (exact) mass is 401 g/mol. The molecule has 0 saturated heterocycles. The first kappa shape index (κ1) is 21.7. The number of rotatable bonds is 5. The van der Waals surface area contributed by atoms with Crippen molar-refractivity contribution in [1.29, 1.82) is 0 Å². The summed E-state index contributed by atoms with van der Waals surface area (Å²) in [7, 11) is 4.15. The quantitative estimate of drug-likeness (QED) is 0.448. The standard InChI is InChI=1S/C23H25N5.C2H6/c1-5-20-24-12-10-19(25-20)23-22(18-8-6-16(2)7-9-18)26-21-14-17(15-27(3)4)11-13-28(21)23;1-2/h6-14H,5,15H2,1-4H3;1-2H3. The minimum atomic E-state index is 0.803. The van der Waals surface area contributed by atoms with Gasteiger partial charge in [-0.15, -0.1) is 0 Å². The van der Waals surface area contributed by atoms with Crippen LogP contribution in [0.1, 0.15) is 37.7 Å². The highest BCUT2D eigenvalue weighted by molar-refractivity contribution is 5.80. The third kappa shape index (κ3) is 4.57. The number of aryl methyl sites for hydroxylation is 2. The molecule has 4 rings (SSSR count). The largest absolute Gasteiger partial charge is 0.305 e. The van der Waals surface area contributed by atoms with E-state index in [0.29, 0.717) is 0 Å². The van der Waals surface area contributed by atoms with Crippen LogP contribution in [0.5, 0.6) is 0 Å². The molecule has 0 bridgehead atoms. The fraction of sp³-hybridized carbons (Fsp3) is 0.320. The van der Waals surface area contributed by atoms with E-state index in [1.165, 1.54) is 11.1 Å². The number of hydrogen-bond acceptors (Lipinski definition) is 4. The summed E-state index contributed by atoms with van der Waals surface area (Å²) in [6, 6.07) is 14.8.